The van der Waals surface area contributed by atoms with Gasteiger partial charge in [0, 0.05) is 32.7 Å². The lowest BCUT2D eigenvalue weighted by atomic mass is 9.89. The third kappa shape index (κ3) is 2.69. The van der Waals surface area contributed by atoms with Crippen LogP contribution in [0.2, 0.25) is 0 Å². The van der Waals surface area contributed by atoms with E-state index >= 15 is 0 Å². The summed E-state index contributed by atoms with van der Waals surface area (Å²) in [7, 11) is 0. The van der Waals surface area contributed by atoms with Gasteiger partial charge < -0.3 is 8.83 Å². The van der Waals surface area contributed by atoms with Crippen LogP contribution in [0, 0.1) is 0 Å². The lowest BCUT2D eigenvalue weighted by Gasteiger charge is -2.15. The summed E-state index contributed by atoms with van der Waals surface area (Å²) in [5.74, 6) is 0. The molecule has 0 unspecified atom stereocenters. The molecule has 0 aliphatic rings. The van der Waals surface area contributed by atoms with Crippen molar-refractivity contribution in [3.63, 3.8) is 0 Å². The average Bonchev–Trinajstić information content (AvgIpc) is 3.46. The second-order valence-corrected chi connectivity index (χ2v) is 8.75. The highest BCUT2D eigenvalue weighted by Crippen LogP contribution is 2.42. The molecule has 0 aliphatic heterocycles. The van der Waals surface area contributed by atoms with Gasteiger partial charge in [0.1, 0.15) is 22.3 Å². The summed E-state index contributed by atoms with van der Waals surface area (Å²) in [5.41, 5.74) is 9.69. The SMILES string of the molecule is CCc1c(-c2cccc3c2oc2ccccc23)cccc1-c1cccc2c1oc1ccccc12. The van der Waals surface area contributed by atoms with E-state index < -0.39 is 0 Å². The highest BCUT2D eigenvalue weighted by molar-refractivity contribution is 6.11. The molecule has 7 aromatic rings. The Morgan fingerprint density at radius 2 is 0.853 bits per heavy atom. The maximum Gasteiger partial charge on any atom is 0.143 e. The van der Waals surface area contributed by atoms with Crippen molar-refractivity contribution in [2.75, 3.05) is 0 Å². The standard InChI is InChI=1S/C32H22O2/c1-2-20-21(25-14-8-16-27-23-10-3-5-18-29(23)33-31(25)27)12-7-13-22(20)26-15-9-17-28-24-11-4-6-19-30(24)34-32(26)28/h3-19H,2H2,1H3. The lowest BCUT2D eigenvalue weighted by Crippen LogP contribution is -1.93. The number of benzene rings is 5. The molecule has 0 radical (unpaired) electrons. The third-order valence-electron chi connectivity index (χ3n) is 6.92. The van der Waals surface area contributed by atoms with Gasteiger partial charge in [-0.3, -0.25) is 0 Å². The average molecular weight is 439 g/mol. The van der Waals surface area contributed by atoms with Crippen LogP contribution < -0.4 is 0 Å². The molecule has 2 aromatic heterocycles. The largest absolute Gasteiger partial charge is 0.455 e. The summed E-state index contributed by atoms with van der Waals surface area (Å²) in [6, 6.07) is 36.0. The molecule has 0 saturated carbocycles. The Bertz CT molecular complexity index is 1720. The molecule has 0 aliphatic carbocycles. The number of fused-ring (bicyclic) bond motifs is 6. The maximum atomic E-state index is 6.37. The summed E-state index contributed by atoms with van der Waals surface area (Å²) in [6.07, 6.45) is 0.902. The summed E-state index contributed by atoms with van der Waals surface area (Å²) in [5, 5.41) is 4.61. The molecular weight excluding hydrogens is 416 g/mol. The Kier molecular flexibility index (Phi) is 4.16. The first-order valence-corrected chi connectivity index (χ1v) is 11.8. The molecule has 2 heterocycles. The van der Waals surface area contributed by atoms with Crippen LogP contribution in [0.1, 0.15) is 12.5 Å². The molecular formula is C32H22O2. The van der Waals surface area contributed by atoms with Crippen LogP contribution in [0.3, 0.4) is 0 Å². The summed E-state index contributed by atoms with van der Waals surface area (Å²) in [6.45, 7) is 2.22. The molecule has 7 rings (SSSR count). The number of para-hydroxylation sites is 4. The van der Waals surface area contributed by atoms with E-state index in [2.05, 4.69) is 85.8 Å². The molecule has 162 valence electrons. The van der Waals surface area contributed by atoms with Crippen LogP contribution in [0.25, 0.3) is 66.1 Å². The molecule has 0 amide bonds. The van der Waals surface area contributed by atoms with E-state index in [0.717, 1.165) is 61.4 Å². The molecule has 5 aromatic carbocycles. The normalized spacial score (nSPS) is 11.8. The summed E-state index contributed by atoms with van der Waals surface area (Å²) >= 11 is 0. The number of furan rings is 2. The fourth-order valence-corrected chi connectivity index (χ4v) is 5.39. The van der Waals surface area contributed by atoms with Gasteiger partial charge in [-0.25, -0.2) is 0 Å². The lowest BCUT2D eigenvalue weighted by molar-refractivity contribution is 0.670. The quantitative estimate of drug-likeness (QED) is 0.275. The Balaban J connectivity index is 1.52. The molecule has 34 heavy (non-hydrogen) atoms. The second kappa shape index (κ2) is 7.36. The van der Waals surface area contributed by atoms with Gasteiger partial charge in [-0.15, -0.1) is 0 Å². The fourth-order valence-electron chi connectivity index (χ4n) is 5.39. The van der Waals surface area contributed by atoms with Gasteiger partial charge in [0.2, 0.25) is 0 Å². The molecule has 0 atom stereocenters. The third-order valence-corrected chi connectivity index (χ3v) is 6.92. The van der Waals surface area contributed by atoms with Crippen LogP contribution in [-0.4, -0.2) is 0 Å². The maximum absolute atomic E-state index is 6.37. The van der Waals surface area contributed by atoms with Crippen molar-refractivity contribution in [3.8, 4) is 22.3 Å². The Morgan fingerprint density at radius 1 is 0.441 bits per heavy atom. The second-order valence-electron chi connectivity index (χ2n) is 8.75. The highest BCUT2D eigenvalue weighted by Gasteiger charge is 2.18. The van der Waals surface area contributed by atoms with Gasteiger partial charge in [-0.05, 0) is 35.2 Å². The van der Waals surface area contributed by atoms with E-state index in [0.29, 0.717) is 0 Å². The van der Waals surface area contributed by atoms with Gasteiger partial charge in [0.15, 0.2) is 0 Å². The van der Waals surface area contributed by atoms with E-state index in [1.807, 2.05) is 24.3 Å². The minimum absolute atomic E-state index is 0.902. The molecule has 2 heteroatoms. The summed E-state index contributed by atoms with van der Waals surface area (Å²) in [4.78, 5) is 0. The Labute approximate surface area is 197 Å². The zero-order chi connectivity index (χ0) is 22.6. The zero-order valence-corrected chi connectivity index (χ0v) is 18.8. The van der Waals surface area contributed by atoms with Crippen molar-refractivity contribution < 1.29 is 8.83 Å². The number of hydrogen-bond acceptors (Lipinski definition) is 2. The highest BCUT2D eigenvalue weighted by atomic mass is 16.3. The van der Waals surface area contributed by atoms with Crippen molar-refractivity contribution in [2.24, 2.45) is 0 Å². The first kappa shape index (κ1) is 19.2. The molecule has 0 bridgehead atoms. The van der Waals surface area contributed by atoms with Crippen LogP contribution in [0.4, 0.5) is 0 Å². The van der Waals surface area contributed by atoms with Crippen molar-refractivity contribution in [3.05, 3.63) is 109 Å². The number of hydrogen-bond donors (Lipinski definition) is 0. The topological polar surface area (TPSA) is 26.3 Å². The van der Waals surface area contributed by atoms with Gasteiger partial charge >= 0.3 is 0 Å². The Morgan fingerprint density at radius 3 is 1.35 bits per heavy atom. The molecule has 0 fully saturated rings. The van der Waals surface area contributed by atoms with E-state index in [4.69, 9.17) is 8.83 Å². The van der Waals surface area contributed by atoms with E-state index in [1.165, 1.54) is 16.7 Å². The fraction of sp³-hybridized carbons (Fsp3) is 0.0625. The van der Waals surface area contributed by atoms with Crippen molar-refractivity contribution in [1.29, 1.82) is 0 Å². The van der Waals surface area contributed by atoms with E-state index in [9.17, 15) is 0 Å². The van der Waals surface area contributed by atoms with E-state index in [1.54, 1.807) is 0 Å². The van der Waals surface area contributed by atoms with E-state index in [-0.39, 0.29) is 0 Å². The van der Waals surface area contributed by atoms with Crippen LogP contribution >= 0.6 is 0 Å². The van der Waals surface area contributed by atoms with Crippen LogP contribution in [-0.2, 0) is 6.42 Å². The molecule has 0 spiro atoms. The van der Waals surface area contributed by atoms with Gasteiger partial charge in [-0.2, -0.15) is 0 Å². The Hall–Kier alpha value is -4.30. The monoisotopic (exact) mass is 438 g/mol. The first-order valence-electron chi connectivity index (χ1n) is 11.8. The van der Waals surface area contributed by atoms with Crippen molar-refractivity contribution >= 4 is 43.9 Å². The van der Waals surface area contributed by atoms with Crippen LogP contribution in [0.15, 0.2) is 112 Å². The minimum Gasteiger partial charge on any atom is -0.455 e. The van der Waals surface area contributed by atoms with Gasteiger partial charge in [-0.1, -0.05) is 97.9 Å². The van der Waals surface area contributed by atoms with Crippen LogP contribution in [0.5, 0.6) is 0 Å². The van der Waals surface area contributed by atoms with Crippen molar-refractivity contribution in [2.45, 2.75) is 13.3 Å². The zero-order valence-electron chi connectivity index (χ0n) is 18.8. The van der Waals surface area contributed by atoms with Gasteiger partial charge in [0.25, 0.3) is 0 Å². The molecule has 2 nitrogen and oxygen atoms in total. The smallest absolute Gasteiger partial charge is 0.143 e. The minimum atomic E-state index is 0.902. The predicted molar refractivity (Wildman–Crippen MR) is 141 cm³/mol. The molecule has 0 saturated heterocycles. The first-order chi connectivity index (χ1) is 16.8. The summed E-state index contributed by atoms with van der Waals surface area (Å²) < 4.78 is 12.7. The predicted octanol–water partition coefficient (Wildman–Crippen LogP) is 9.38. The molecule has 0 N–H and O–H groups in total. The van der Waals surface area contributed by atoms with Crippen molar-refractivity contribution in [1.82, 2.24) is 0 Å². The number of rotatable bonds is 3. The van der Waals surface area contributed by atoms with Gasteiger partial charge in [0.05, 0.1) is 0 Å².